The normalized spacial score (nSPS) is 13.9. The first-order valence-corrected chi connectivity index (χ1v) is 12.2. The molecule has 0 bridgehead atoms. The molecular weight excluding hydrogens is 352 g/mol. The van der Waals surface area contributed by atoms with E-state index in [4.69, 9.17) is 4.74 Å². The number of benzene rings is 1. The summed E-state index contributed by atoms with van der Waals surface area (Å²) < 4.78 is 6.04. The molecule has 0 N–H and O–H groups in total. The number of hydrogen-bond acceptors (Lipinski definition) is 1. The van der Waals surface area contributed by atoms with Gasteiger partial charge in [-0.15, -0.1) is 0 Å². The standard InChI is InChI=1S/C28H46O/c1-5-7-8-9-10-11-12-13-14-15-16-17-18-20-27-21-19-22-28(23-27)29-24-26(4)25(3)6-2/h8-9,11-12,19,21-23,25-26H,5-7,10,13-18,20,24H2,1-4H3/b9-8+,12-11+. The molecule has 2 unspecified atom stereocenters. The van der Waals surface area contributed by atoms with E-state index in [2.05, 4.69) is 76.3 Å². The van der Waals surface area contributed by atoms with Crippen LogP contribution in [0.4, 0.5) is 0 Å². The lowest BCUT2D eigenvalue weighted by atomic mass is 9.94. The molecular formula is C28H46O. The van der Waals surface area contributed by atoms with Crippen LogP contribution in [0, 0.1) is 11.8 Å². The third kappa shape index (κ3) is 13.4. The van der Waals surface area contributed by atoms with E-state index >= 15 is 0 Å². The molecule has 0 radical (unpaired) electrons. The third-order valence-electron chi connectivity index (χ3n) is 5.92. The fraction of sp³-hybridized carbons (Fsp3) is 0.643. The first-order valence-electron chi connectivity index (χ1n) is 12.2. The van der Waals surface area contributed by atoms with Crippen molar-refractivity contribution in [1.29, 1.82) is 0 Å². The number of rotatable bonds is 17. The summed E-state index contributed by atoms with van der Waals surface area (Å²) >= 11 is 0. The molecule has 2 atom stereocenters. The molecule has 0 aliphatic carbocycles. The molecule has 29 heavy (non-hydrogen) atoms. The quantitative estimate of drug-likeness (QED) is 0.188. The Kier molecular flexibility index (Phi) is 15.3. The summed E-state index contributed by atoms with van der Waals surface area (Å²) in [6, 6.07) is 8.72. The highest BCUT2D eigenvalue weighted by atomic mass is 16.5. The van der Waals surface area contributed by atoms with Crippen LogP contribution in [0.2, 0.25) is 0 Å². The second-order valence-corrected chi connectivity index (χ2v) is 8.59. The zero-order chi connectivity index (χ0) is 21.2. The van der Waals surface area contributed by atoms with Crippen molar-refractivity contribution in [2.75, 3.05) is 6.61 Å². The summed E-state index contributed by atoms with van der Waals surface area (Å²) in [7, 11) is 0. The van der Waals surface area contributed by atoms with Gasteiger partial charge in [0.15, 0.2) is 0 Å². The average molecular weight is 399 g/mol. The number of allylic oxidation sites excluding steroid dienone is 4. The van der Waals surface area contributed by atoms with Crippen molar-refractivity contribution < 1.29 is 4.74 Å². The van der Waals surface area contributed by atoms with E-state index in [0.717, 1.165) is 24.7 Å². The molecule has 1 aromatic carbocycles. The summed E-state index contributed by atoms with van der Waals surface area (Å²) in [5.41, 5.74) is 1.41. The Morgan fingerprint density at radius 3 is 2.31 bits per heavy atom. The van der Waals surface area contributed by atoms with E-state index in [-0.39, 0.29) is 0 Å². The highest BCUT2D eigenvalue weighted by Gasteiger charge is 2.10. The van der Waals surface area contributed by atoms with Crippen LogP contribution in [-0.2, 0) is 6.42 Å². The summed E-state index contributed by atoms with van der Waals surface area (Å²) in [4.78, 5) is 0. The van der Waals surface area contributed by atoms with E-state index in [0.29, 0.717) is 5.92 Å². The molecule has 1 nitrogen and oxygen atoms in total. The Morgan fingerprint density at radius 1 is 0.828 bits per heavy atom. The fourth-order valence-electron chi connectivity index (χ4n) is 3.38. The van der Waals surface area contributed by atoms with Gasteiger partial charge in [0.2, 0.25) is 0 Å². The number of ether oxygens (including phenoxy) is 1. The van der Waals surface area contributed by atoms with Crippen molar-refractivity contribution in [1.82, 2.24) is 0 Å². The van der Waals surface area contributed by atoms with Crippen molar-refractivity contribution in [2.45, 2.75) is 98.3 Å². The summed E-state index contributed by atoms with van der Waals surface area (Å²) in [6.45, 7) is 9.90. The van der Waals surface area contributed by atoms with Gasteiger partial charge in [0.1, 0.15) is 5.75 Å². The van der Waals surface area contributed by atoms with Crippen LogP contribution in [0.25, 0.3) is 0 Å². The van der Waals surface area contributed by atoms with E-state index < -0.39 is 0 Å². The SMILES string of the molecule is CCC/C=C/C/C=C/CCCCCCCc1cccc(OCC(C)C(C)CC)c1. The lowest BCUT2D eigenvalue weighted by Gasteiger charge is -2.19. The molecule has 164 valence electrons. The van der Waals surface area contributed by atoms with Gasteiger partial charge in [0.05, 0.1) is 6.61 Å². The van der Waals surface area contributed by atoms with Gasteiger partial charge in [-0.2, -0.15) is 0 Å². The van der Waals surface area contributed by atoms with Crippen LogP contribution in [0.5, 0.6) is 5.75 Å². The molecule has 0 amide bonds. The minimum absolute atomic E-state index is 0.607. The van der Waals surface area contributed by atoms with Crippen LogP contribution >= 0.6 is 0 Å². The first-order chi connectivity index (χ1) is 14.2. The van der Waals surface area contributed by atoms with Crippen molar-refractivity contribution in [3.63, 3.8) is 0 Å². The lowest BCUT2D eigenvalue weighted by Crippen LogP contribution is -2.16. The maximum Gasteiger partial charge on any atom is 0.119 e. The topological polar surface area (TPSA) is 9.23 Å². The Bertz CT molecular complexity index is 557. The van der Waals surface area contributed by atoms with E-state index in [1.54, 1.807) is 0 Å². The van der Waals surface area contributed by atoms with Gasteiger partial charge in [-0.25, -0.2) is 0 Å². The first kappa shape index (κ1) is 25.5. The monoisotopic (exact) mass is 398 g/mol. The van der Waals surface area contributed by atoms with Crippen LogP contribution in [0.1, 0.15) is 97.5 Å². The van der Waals surface area contributed by atoms with Gasteiger partial charge >= 0.3 is 0 Å². The smallest absolute Gasteiger partial charge is 0.119 e. The fourth-order valence-corrected chi connectivity index (χ4v) is 3.38. The van der Waals surface area contributed by atoms with Crippen molar-refractivity contribution in [2.24, 2.45) is 11.8 Å². The molecule has 1 heteroatoms. The van der Waals surface area contributed by atoms with E-state index in [1.165, 1.54) is 69.8 Å². The lowest BCUT2D eigenvalue weighted by molar-refractivity contribution is 0.212. The largest absolute Gasteiger partial charge is 0.493 e. The van der Waals surface area contributed by atoms with E-state index in [1.807, 2.05) is 0 Å². The predicted molar refractivity (Wildman–Crippen MR) is 130 cm³/mol. The minimum Gasteiger partial charge on any atom is -0.493 e. The molecule has 0 spiro atoms. The van der Waals surface area contributed by atoms with Gasteiger partial charge in [-0.1, -0.05) is 96.2 Å². The third-order valence-corrected chi connectivity index (χ3v) is 5.92. The molecule has 0 heterocycles. The summed E-state index contributed by atoms with van der Waals surface area (Å²) in [5.74, 6) is 2.36. The van der Waals surface area contributed by atoms with Crippen molar-refractivity contribution >= 4 is 0 Å². The number of hydrogen-bond donors (Lipinski definition) is 0. The van der Waals surface area contributed by atoms with Crippen LogP contribution in [-0.4, -0.2) is 6.61 Å². The molecule has 1 aromatic rings. The summed E-state index contributed by atoms with van der Waals surface area (Å²) in [5, 5.41) is 0. The Hall–Kier alpha value is -1.50. The van der Waals surface area contributed by atoms with Gasteiger partial charge < -0.3 is 4.74 Å². The van der Waals surface area contributed by atoms with Gasteiger partial charge in [-0.3, -0.25) is 0 Å². The maximum absolute atomic E-state index is 6.04. The van der Waals surface area contributed by atoms with Crippen LogP contribution in [0.15, 0.2) is 48.6 Å². The molecule has 1 rings (SSSR count). The molecule has 0 aliphatic rings. The second kappa shape index (κ2) is 17.4. The molecule has 0 fully saturated rings. The Morgan fingerprint density at radius 2 is 1.55 bits per heavy atom. The number of aryl methyl sites for hydroxylation is 1. The van der Waals surface area contributed by atoms with Gasteiger partial charge in [0.25, 0.3) is 0 Å². The van der Waals surface area contributed by atoms with Crippen molar-refractivity contribution in [3.8, 4) is 5.75 Å². The predicted octanol–water partition coefficient (Wildman–Crippen LogP) is 8.93. The van der Waals surface area contributed by atoms with Crippen LogP contribution in [0.3, 0.4) is 0 Å². The highest BCUT2D eigenvalue weighted by Crippen LogP contribution is 2.20. The molecule has 0 aromatic heterocycles. The zero-order valence-corrected chi connectivity index (χ0v) is 19.7. The van der Waals surface area contributed by atoms with Crippen molar-refractivity contribution in [3.05, 3.63) is 54.1 Å². The average Bonchev–Trinajstić information content (AvgIpc) is 2.75. The Labute approximate surface area is 181 Å². The van der Waals surface area contributed by atoms with Crippen LogP contribution < -0.4 is 4.74 Å². The molecule has 0 saturated heterocycles. The molecule has 0 aliphatic heterocycles. The Balaban J connectivity index is 2.09. The second-order valence-electron chi connectivity index (χ2n) is 8.59. The van der Waals surface area contributed by atoms with E-state index in [9.17, 15) is 0 Å². The number of unbranched alkanes of at least 4 members (excludes halogenated alkanes) is 6. The molecule has 0 saturated carbocycles. The zero-order valence-electron chi connectivity index (χ0n) is 19.7. The highest BCUT2D eigenvalue weighted by molar-refractivity contribution is 5.28. The van der Waals surface area contributed by atoms with Gasteiger partial charge in [-0.05, 0) is 68.1 Å². The minimum atomic E-state index is 0.607. The maximum atomic E-state index is 6.04. The summed E-state index contributed by atoms with van der Waals surface area (Å²) in [6.07, 6.45) is 23.1. The van der Waals surface area contributed by atoms with Gasteiger partial charge in [0, 0.05) is 0 Å².